The van der Waals surface area contributed by atoms with E-state index in [2.05, 4.69) is 5.32 Å². The maximum atomic E-state index is 13.5. The molecular weight excluding hydrogens is 232 g/mol. The lowest BCUT2D eigenvalue weighted by atomic mass is 9.94. The van der Waals surface area contributed by atoms with E-state index in [-0.39, 0.29) is 12.0 Å². The minimum absolute atomic E-state index is 0.00958. The average molecular weight is 241 g/mol. The van der Waals surface area contributed by atoms with Gasteiger partial charge in [0.15, 0.2) is 0 Å². The molecule has 1 fully saturated rings. The van der Waals surface area contributed by atoms with Crippen LogP contribution in [0.5, 0.6) is 0 Å². The van der Waals surface area contributed by atoms with Crippen LogP contribution in [-0.4, -0.2) is 17.0 Å². The summed E-state index contributed by atoms with van der Waals surface area (Å²) in [6, 6.07) is 1.90. The summed E-state index contributed by atoms with van der Waals surface area (Å²) in [4.78, 5) is 22.1. The van der Waals surface area contributed by atoms with Crippen molar-refractivity contribution < 1.29 is 23.5 Å². The Morgan fingerprint density at radius 3 is 2.71 bits per heavy atom. The Balaban J connectivity index is 2.38. The molecule has 0 aliphatic carbocycles. The second-order valence-electron chi connectivity index (χ2n) is 3.86. The van der Waals surface area contributed by atoms with Gasteiger partial charge in [0.2, 0.25) is 5.91 Å². The van der Waals surface area contributed by atoms with Gasteiger partial charge in [-0.3, -0.25) is 9.59 Å². The molecule has 0 aromatic heterocycles. The monoisotopic (exact) mass is 241 g/mol. The largest absolute Gasteiger partial charge is 0.481 e. The molecule has 0 bridgehead atoms. The average Bonchev–Trinajstić information content (AvgIpc) is 2.60. The van der Waals surface area contributed by atoms with Crippen LogP contribution in [0.4, 0.5) is 8.78 Å². The number of carbonyl (C=O) groups is 2. The SMILES string of the molecule is O=C1C[C@H](C(=O)O)C(c2ccc(F)cc2F)N1. The molecule has 0 radical (unpaired) electrons. The standard InChI is InChI=1S/C11H9F2NO3/c12-5-1-2-6(8(13)3-5)10-7(11(16)17)4-9(15)14-10/h1-3,7,10H,4H2,(H,14,15)(H,16,17)/t7-,10?/m0/s1. The van der Waals surface area contributed by atoms with E-state index >= 15 is 0 Å². The molecule has 1 aliphatic rings. The fourth-order valence-corrected chi connectivity index (χ4v) is 1.93. The summed E-state index contributed by atoms with van der Waals surface area (Å²) >= 11 is 0. The quantitative estimate of drug-likeness (QED) is 0.818. The van der Waals surface area contributed by atoms with E-state index in [1.165, 1.54) is 0 Å². The highest BCUT2D eigenvalue weighted by atomic mass is 19.1. The van der Waals surface area contributed by atoms with Gasteiger partial charge in [-0.1, -0.05) is 6.07 Å². The van der Waals surface area contributed by atoms with Crippen molar-refractivity contribution in [3.05, 3.63) is 35.4 Å². The molecule has 6 heteroatoms. The lowest BCUT2D eigenvalue weighted by molar-refractivity contribution is -0.142. The molecule has 0 spiro atoms. The Morgan fingerprint density at radius 2 is 2.12 bits per heavy atom. The Bertz CT molecular complexity index is 490. The molecule has 1 aromatic rings. The zero-order valence-corrected chi connectivity index (χ0v) is 8.61. The number of rotatable bonds is 2. The number of hydrogen-bond acceptors (Lipinski definition) is 2. The Hall–Kier alpha value is -1.98. The van der Waals surface area contributed by atoms with Crippen molar-refractivity contribution in [1.82, 2.24) is 5.32 Å². The summed E-state index contributed by atoms with van der Waals surface area (Å²) in [5.74, 6) is -4.27. The van der Waals surface area contributed by atoms with Crippen molar-refractivity contribution >= 4 is 11.9 Å². The van der Waals surface area contributed by atoms with Crippen molar-refractivity contribution in [3.8, 4) is 0 Å². The van der Waals surface area contributed by atoms with Crippen molar-refractivity contribution in [2.24, 2.45) is 5.92 Å². The van der Waals surface area contributed by atoms with Gasteiger partial charge >= 0.3 is 5.97 Å². The minimum Gasteiger partial charge on any atom is -0.481 e. The summed E-state index contributed by atoms with van der Waals surface area (Å²) < 4.78 is 26.2. The molecule has 90 valence electrons. The third-order valence-electron chi connectivity index (χ3n) is 2.74. The van der Waals surface area contributed by atoms with E-state index in [1.54, 1.807) is 0 Å². The van der Waals surface area contributed by atoms with Gasteiger partial charge in [-0.2, -0.15) is 0 Å². The number of benzene rings is 1. The first-order valence-corrected chi connectivity index (χ1v) is 4.96. The van der Waals surface area contributed by atoms with Gasteiger partial charge in [0.05, 0.1) is 12.0 Å². The van der Waals surface area contributed by atoms with E-state index in [0.717, 1.165) is 12.1 Å². The molecular formula is C11H9F2NO3. The number of aliphatic carboxylic acids is 1. The van der Waals surface area contributed by atoms with Crippen LogP contribution in [0.3, 0.4) is 0 Å². The highest BCUT2D eigenvalue weighted by Crippen LogP contribution is 2.32. The fourth-order valence-electron chi connectivity index (χ4n) is 1.93. The van der Waals surface area contributed by atoms with Crippen LogP contribution in [0, 0.1) is 17.6 Å². The van der Waals surface area contributed by atoms with Crippen LogP contribution in [0.2, 0.25) is 0 Å². The van der Waals surface area contributed by atoms with Crippen molar-refractivity contribution in [3.63, 3.8) is 0 Å². The van der Waals surface area contributed by atoms with E-state index < -0.39 is 35.5 Å². The second kappa shape index (κ2) is 4.12. The van der Waals surface area contributed by atoms with Gasteiger partial charge in [-0.25, -0.2) is 8.78 Å². The lowest BCUT2D eigenvalue weighted by Gasteiger charge is -2.16. The Labute approximate surface area is 95.2 Å². The van der Waals surface area contributed by atoms with Crippen molar-refractivity contribution in [2.45, 2.75) is 12.5 Å². The molecule has 1 aliphatic heterocycles. The molecule has 1 heterocycles. The second-order valence-corrected chi connectivity index (χ2v) is 3.86. The number of amides is 1. The predicted octanol–water partition coefficient (Wildman–Crippen LogP) is 1.23. The first kappa shape index (κ1) is 11.5. The van der Waals surface area contributed by atoms with Crippen LogP contribution < -0.4 is 5.32 Å². The predicted molar refractivity (Wildman–Crippen MR) is 53.0 cm³/mol. The van der Waals surface area contributed by atoms with Crippen LogP contribution in [0.1, 0.15) is 18.0 Å². The van der Waals surface area contributed by atoms with Gasteiger partial charge in [0.25, 0.3) is 0 Å². The zero-order chi connectivity index (χ0) is 12.6. The molecule has 0 saturated carbocycles. The number of nitrogens with one attached hydrogen (secondary N) is 1. The molecule has 1 amide bonds. The molecule has 4 nitrogen and oxygen atoms in total. The number of carboxylic acids is 1. The maximum absolute atomic E-state index is 13.5. The third-order valence-corrected chi connectivity index (χ3v) is 2.74. The van der Waals surface area contributed by atoms with E-state index in [9.17, 15) is 18.4 Å². The maximum Gasteiger partial charge on any atom is 0.309 e. The van der Waals surface area contributed by atoms with E-state index in [4.69, 9.17) is 5.11 Å². The smallest absolute Gasteiger partial charge is 0.309 e. The highest BCUT2D eigenvalue weighted by Gasteiger charge is 2.39. The molecule has 1 saturated heterocycles. The number of carbonyl (C=O) groups excluding carboxylic acids is 1. The molecule has 2 N–H and O–H groups in total. The molecule has 17 heavy (non-hydrogen) atoms. The first-order valence-electron chi connectivity index (χ1n) is 4.96. The van der Waals surface area contributed by atoms with Gasteiger partial charge in [0.1, 0.15) is 11.6 Å². The van der Waals surface area contributed by atoms with Crippen LogP contribution in [0.15, 0.2) is 18.2 Å². The summed E-state index contributed by atoms with van der Waals surface area (Å²) in [5, 5.41) is 11.3. The summed E-state index contributed by atoms with van der Waals surface area (Å²) in [6.07, 6.45) is -0.198. The first-order chi connectivity index (χ1) is 7.99. The normalized spacial score (nSPS) is 23.5. The third kappa shape index (κ3) is 2.11. The molecule has 1 aromatic carbocycles. The lowest BCUT2D eigenvalue weighted by Crippen LogP contribution is -2.25. The van der Waals surface area contributed by atoms with Gasteiger partial charge in [-0.15, -0.1) is 0 Å². The van der Waals surface area contributed by atoms with Crippen LogP contribution in [-0.2, 0) is 9.59 Å². The zero-order valence-electron chi connectivity index (χ0n) is 8.61. The van der Waals surface area contributed by atoms with Gasteiger partial charge in [0, 0.05) is 18.1 Å². The number of halogens is 2. The molecule has 2 rings (SSSR count). The van der Waals surface area contributed by atoms with Crippen molar-refractivity contribution in [1.29, 1.82) is 0 Å². The fraction of sp³-hybridized carbons (Fsp3) is 0.273. The van der Waals surface area contributed by atoms with Gasteiger partial charge < -0.3 is 10.4 Å². The number of hydrogen-bond donors (Lipinski definition) is 2. The van der Waals surface area contributed by atoms with Crippen LogP contribution in [0.25, 0.3) is 0 Å². The summed E-state index contributed by atoms with van der Waals surface area (Å²) in [6.45, 7) is 0. The van der Waals surface area contributed by atoms with Crippen LogP contribution >= 0.6 is 0 Å². The number of carboxylic acid groups (broad SMARTS) is 1. The Morgan fingerprint density at radius 1 is 1.41 bits per heavy atom. The minimum atomic E-state index is -1.18. The highest BCUT2D eigenvalue weighted by molar-refractivity contribution is 5.87. The van der Waals surface area contributed by atoms with E-state index in [1.807, 2.05) is 0 Å². The van der Waals surface area contributed by atoms with Crippen molar-refractivity contribution in [2.75, 3.05) is 0 Å². The molecule has 2 atom stereocenters. The van der Waals surface area contributed by atoms with Gasteiger partial charge in [-0.05, 0) is 6.07 Å². The summed E-state index contributed by atoms with van der Waals surface area (Å²) in [5.41, 5.74) is -0.00958. The topological polar surface area (TPSA) is 66.4 Å². The summed E-state index contributed by atoms with van der Waals surface area (Å²) in [7, 11) is 0. The molecule has 1 unspecified atom stereocenters. The van der Waals surface area contributed by atoms with E-state index in [0.29, 0.717) is 6.07 Å². The Kier molecular flexibility index (Phi) is 2.79.